The first kappa shape index (κ1) is 17.8. The van der Waals surface area contributed by atoms with E-state index in [9.17, 15) is 13.2 Å². The number of anilines is 1. The molecule has 1 N–H and O–H groups in total. The normalized spacial score (nSPS) is 11.0. The molecule has 3 aromatic rings. The Morgan fingerprint density at radius 3 is 2.54 bits per heavy atom. The fraction of sp³-hybridized carbons (Fsp3) is 0. The lowest BCUT2D eigenvalue weighted by Gasteiger charge is -2.09. The molecule has 0 aliphatic heterocycles. The second-order valence-electron chi connectivity index (χ2n) is 5.05. The molecular formula is C17H12ClN3O4S. The molecule has 0 saturated carbocycles. The smallest absolute Gasteiger partial charge is 0.344 e. The Bertz CT molecular complexity index is 1040. The predicted octanol–water partition coefficient (Wildman–Crippen LogP) is 3.15. The second kappa shape index (κ2) is 7.51. The second-order valence-corrected chi connectivity index (χ2v) is 7.07. The van der Waals surface area contributed by atoms with Crippen LogP contribution in [0, 0.1) is 0 Å². The third-order valence-electron chi connectivity index (χ3n) is 3.20. The highest BCUT2D eigenvalue weighted by Crippen LogP contribution is 2.18. The van der Waals surface area contributed by atoms with E-state index < -0.39 is 16.0 Å². The van der Waals surface area contributed by atoms with Gasteiger partial charge in [0.05, 0.1) is 10.5 Å². The number of carbonyl (C=O) groups excluding carboxylic acids is 1. The van der Waals surface area contributed by atoms with Gasteiger partial charge in [-0.3, -0.25) is 4.72 Å². The van der Waals surface area contributed by atoms with Crippen LogP contribution in [0.1, 0.15) is 10.4 Å². The van der Waals surface area contributed by atoms with Crippen molar-refractivity contribution in [2.75, 3.05) is 4.72 Å². The quantitative estimate of drug-likeness (QED) is 0.531. The molecule has 3 rings (SSSR count). The van der Waals surface area contributed by atoms with Crippen molar-refractivity contribution in [3.63, 3.8) is 0 Å². The van der Waals surface area contributed by atoms with Crippen molar-refractivity contribution in [3.05, 3.63) is 77.7 Å². The summed E-state index contributed by atoms with van der Waals surface area (Å²) in [5.41, 5.74) is 0.372. The number of carbonyl (C=O) groups is 1. The van der Waals surface area contributed by atoms with Crippen LogP contribution >= 0.6 is 11.6 Å². The van der Waals surface area contributed by atoms with Crippen molar-refractivity contribution in [2.24, 2.45) is 0 Å². The fourth-order valence-electron chi connectivity index (χ4n) is 2.05. The third-order valence-corrected chi connectivity index (χ3v) is 4.78. The molecule has 0 aliphatic carbocycles. The van der Waals surface area contributed by atoms with Gasteiger partial charge in [0.15, 0.2) is 0 Å². The minimum Gasteiger partial charge on any atom is -0.404 e. The molecule has 0 atom stereocenters. The molecule has 1 aromatic heterocycles. The van der Waals surface area contributed by atoms with Crippen LogP contribution in [-0.4, -0.2) is 24.4 Å². The Morgan fingerprint density at radius 2 is 1.81 bits per heavy atom. The average molecular weight is 390 g/mol. The van der Waals surface area contributed by atoms with Gasteiger partial charge in [-0.1, -0.05) is 24.3 Å². The van der Waals surface area contributed by atoms with E-state index in [4.69, 9.17) is 16.3 Å². The lowest BCUT2D eigenvalue weighted by molar-refractivity contribution is 0.0727. The Balaban J connectivity index is 1.79. The molecule has 26 heavy (non-hydrogen) atoms. The number of esters is 1. The average Bonchev–Trinajstić information content (AvgIpc) is 2.62. The summed E-state index contributed by atoms with van der Waals surface area (Å²) < 4.78 is 32.2. The minimum atomic E-state index is -3.76. The van der Waals surface area contributed by atoms with Crippen molar-refractivity contribution in [2.45, 2.75) is 4.90 Å². The Kier molecular flexibility index (Phi) is 5.15. The number of halogens is 1. The molecule has 0 aliphatic rings. The van der Waals surface area contributed by atoms with Crippen molar-refractivity contribution in [1.29, 1.82) is 0 Å². The Hall–Kier alpha value is -2.97. The third kappa shape index (κ3) is 4.35. The first-order valence-electron chi connectivity index (χ1n) is 7.33. The molecule has 7 nitrogen and oxygen atoms in total. The number of ether oxygens (including phenoxy) is 1. The van der Waals surface area contributed by atoms with Gasteiger partial charge in [0.1, 0.15) is 0 Å². The highest BCUT2D eigenvalue weighted by molar-refractivity contribution is 7.92. The summed E-state index contributed by atoms with van der Waals surface area (Å²) in [6.45, 7) is 0. The van der Waals surface area contributed by atoms with E-state index in [1.165, 1.54) is 48.7 Å². The molecule has 132 valence electrons. The van der Waals surface area contributed by atoms with Gasteiger partial charge in [-0.15, -0.1) is 0 Å². The maximum absolute atomic E-state index is 12.4. The molecule has 0 spiro atoms. The number of rotatable bonds is 5. The first-order chi connectivity index (χ1) is 12.4. The summed E-state index contributed by atoms with van der Waals surface area (Å²) in [4.78, 5) is 19.8. The van der Waals surface area contributed by atoms with Gasteiger partial charge in [-0.2, -0.15) is 4.98 Å². The first-order valence-corrected chi connectivity index (χ1v) is 9.19. The number of hydrogen-bond donors (Lipinski definition) is 1. The SMILES string of the molecule is O=C(Oc1ccnc(Cl)n1)c1cccc(NS(=O)(=O)c2ccccc2)c1. The summed E-state index contributed by atoms with van der Waals surface area (Å²) in [5.74, 6) is -0.717. The summed E-state index contributed by atoms with van der Waals surface area (Å²) in [7, 11) is -3.76. The van der Waals surface area contributed by atoms with Crippen molar-refractivity contribution in [3.8, 4) is 5.88 Å². The van der Waals surface area contributed by atoms with Crippen LogP contribution in [-0.2, 0) is 10.0 Å². The maximum Gasteiger partial charge on any atom is 0.344 e. The summed E-state index contributed by atoms with van der Waals surface area (Å²) in [6, 6.07) is 15.2. The van der Waals surface area contributed by atoms with Crippen LogP contribution in [0.5, 0.6) is 5.88 Å². The van der Waals surface area contributed by atoms with E-state index in [1.807, 2.05) is 0 Å². The van der Waals surface area contributed by atoms with E-state index in [-0.39, 0.29) is 27.3 Å². The van der Waals surface area contributed by atoms with E-state index in [0.29, 0.717) is 0 Å². The van der Waals surface area contributed by atoms with Crippen LogP contribution in [0.2, 0.25) is 5.28 Å². The maximum atomic E-state index is 12.4. The van der Waals surface area contributed by atoms with Gasteiger partial charge in [-0.25, -0.2) is 18.2 Å². The zero-order chi connectivity index (χ0) is 18.6. The molecule has 2 aromatic carbocycles. The van der Waals surface area contributed by atoms with Crippen LogP contribution in [0.3, 0.4) is 0 Å². The minimum absolute atomic E-state index is 0.00901. The molecule has 1 heterocycles. The van der Waals surface area contributed by atoms with Crippen molar-refractivity contribution < 1.29 is 17.9 Å². The van der Waals surface area contributed by atoms with E-state index in [0.717, 1.165) is 0 Å². The molecule has 9 heteroatoms. The van der Waals surface area contributed by atoms with Gasteiger partial charge in [0.25, 0.3) is 10.0 Å². The summed E-state index contributed by atoms with van der Waals surface area (Å²) in [6.07, 6.45) is 1.35. The van der Waals surface area contributed by atoms with Gasteiger partial charge >= 0.3 is 5.97 Å². The van der Waals surface area contributed by atoms with Gasteiger partial charge in [0.2, 0.25) is 11.2 Å². The van der Waals surface area contributed by atoms with Gasteiger partial charge < -0.3 is 4.74 Å². The number of nitrogens with one attached hydrogen (secondary N) is 1. The largest absolute Gasteiger partial charge is 0.404 e. The van der Waals surface area contributed by atoms with Crippen LogP contribution < -0.4 is 9.46 Å². The van der Waals surface area contributed by atoms with Crippen LogP contribution in [0.15, 0.2) is 71.8 Å². The molecule has 0 bridgehead atoms. The summed E-state index contributed by atoms with van der Waals surface area (Å²) in [5, 5.41) is -0.0559. The highest BCUT2D eigenvalue weighted by atomic mass is 35.5. The molecular weight excluding hydrogens is 378 g/mol. The number of benzene rings is 2. The highest BCUT2D eigenvalue weighted by Gasteiger charge is 2.15. The lowest BCUT2D eigenvalue weighted by atomic mass is 10.2. The van der Waals surface area contributed by atoms with Crippen molar-refractivity contribution in [1.82, 2.24) is 9.97 Å². The Morgan fingerprint density at radius 1 is 1.04 bits per heavy atom. The predicted molar refractivity (Wildman–Crippen MR) is 95.7 cm³/mol. The monoisotopic (exact) mass is 389 g/mol. The van der Waals surface area contributed by atoms with E-state index in [1.54, 1.807) is 18.2 Å². The summed E-state index contributed by atoms with van der Waals surface area (Å²) >= 11 is 5.64. The zero-order valence-corrected chi connectivity index (χ0v) is 14.7. The number of sulfonamides is 1. The molecule has 0 unspecified atom stereocenters. The lowest BCUT2D eigenvalue weighted by Crippen LogP contribution is -2.14. The standard InChI is InChI=1S/C17H12ClN3O4S/c18-17-19-10-9-15(20-17)25-16(22)12-5-4-6-13(11-12)21-26(23,24)14-7-2-1-3-8-14/h1-11,21H. The molecule has 0 amide bonds. The number of hydrogen-bond acceptors (Lipinski definition) is 6. The van der Waals surface area contributed by atoms with Crippen LogP contribution in [0.25, 0.3) is 0 Å². The molecule has 0 radical (unpaired) electrons. The van der Waals surface area contributed by atoms with Gasteiger partial charge in [0, 0.05) is 18.0 Å². The number of aromatic nitrogens is 2. The fourth-order valence-corrected chi connectivity index (χ4v) is 3.26. The topological polar surface area (TPSA) is 98.2 Å². The van der Waals surface area contributed by atoms with Gasteiger partial charge in [-0.05, 0) is 41.9 Å². The zero-order valence-electron chi connectivity index (χ0n) is 13.2. The van der Waals surface area contributed by atoms with Crippen LogP contribution in [0.4, 0.5) is 5.69 Å². The Labute approximate surface area is 154 Å². The molecule has 0 saturated heterocycles. The number of nitrogens with zero attached hydrogens (tertiary/aromatic N) is 2. The van der Waals surface area contributed by atoms with E-state index in [2.05, 4.69) is 14.7 Å². The van der Waals surface area contributed by atoms with Crippen molar-refractivity contribution >= 4 is 33.3 Å². The van der Waals surface area contributed by atoms with E-state index >= 15 is 0 Å². The molecule has 0 fully saturated rings.